The minimum atomic E-state index is -3.13. The Labute approximate surface area is 154 Å². The molecule has 0 aromatic carbocycles. The van der Waals surface area contributed by atoms with Crippen molar-refractivity contribution in [2.24, 2.45) is 4.99 Å². The van der Waals surface area contributed by atoms with Gasteiger partial charge in [0.15, 0.2) is 15.8 Å². The summed E-state index contributed by atoms with van der Waals surface area (Å²) >= 11 is 1.64. The van der Waals surface area contributed by atoms with Crippen LogP contribution in [0, 0.1) is 13.8 Å². The van der Waals surface area contributed by atoms with Crippen LogP contribution >= 0.6 is 35.3 Å². The molecular weight excluding hydrogens is 435 g/mol. The molecule has 0 aliphatic rings. The van der Waals surface area contributed by atoms with Crippen LogP contribution in [-0.2, 0) is 16.4 Å². The second-order valence-electron chi connectivity index (χ2n) is 5.56. The number of guanidine groups is 1. The number of aryl methyl sites for hydroxylation is 2. The number of nitrogens with one attached hydrogen (secondary N) is 2. The molecule has 0 fully saturated rings. The van der Waals surface area contributed by atoms with Gasteiger partial charge in [-0.1, -0.05) is 0 Å². The molecule has 2 N–H and O–H groups in total. The predicted octanol–water partition coefficient (Wildman–Crippen LogP) is 1.87. The zero-order valence-corrected chi connectivity index (χ0v) is 17.8. The first-order chi connectivity index (χ1) is 9.56. The summed E-state index contributed by atoms with van der Waals surface area (Å²) in [5.74, 6) is 0.567. The van der Waals surface area contributed by atoms with Crippen LogP contribution < -0.4 is 10.6 Å². The van der Waals surface area contributed by atoms with Gasteiger partial charge in [0.2, 0.25) is 0 Å². The molecule has 0 radical (unpaired) electrons. The fourth-order valence-corrected chi connectivity index (χ4v) is 2.63. The normalized spacial score (nSPS) is 12.7. The minimum Gasteiger partial charge on any atom is -0.355 e. The Morgan fingerprint density at radius 3 is 2.32 bits per heavy atom. The summed E-state index contributed by atoms with van der Waals surface area (Å²) in [6.45, 7) is 8.27. The second kappa shape index (κ2) is 8.44. The summed E-state index contributed by atoms with van der Waals surface area (Å²) in [6, 6.07) is 0. The summed E-state index contributed by atoms with van der Waals surface area (Å²) in [4.78, 5) is 9.74. The zero-order chi connectivity index (χ0) is 16.3. The predicted molar refractivity (Wildman–Crippen MR) is 104 cm³/mol. The Hall–Kier alpha value is -0.420. The van der Waals surface area contributed by atoms with Crippen LogP contribution in [0.3, 0.4) is 0 Å². The molecule has 128 valence electrons. The van der Waals surface area contributed by atoms with E-state index in [2.05, 4.69) is 20.6 Å². The molecule has 1 aromatic heterocycles. The van der Waals surface area contributed by atoms with Gasteiger partial charge in [0.05, 0.1) is 17.0 Å². The third-order valence-corrected chi connectivity index (χ3v) is 6.61. The third-order valence-electron chi connectivity index (χ3n) is 3.39. The van der Waals surface area contributed by atoms with Crippen LogP contribution in [0.2, 0.25) is 0 Å². The number of aromatic nitrogens is 1. The van der Waals surface area contributed by atoms with Gasteiger partial charge in [0.25, 0.3) is 0 Å². The van der Waals surface area contributed by atoms with E-state index >= 15 is 0 Å². The Kier molecular flexibility index (Phi) is 8.28. The maximum atomic E-state index is 11.7. The monoisotopic (exact) mass is 460 g/mol. The maximum Gasteiger partial charge on any atom is 0.191 e. The van der Waals surface area contributed by atoms with Crippen molar-refractivity contribution in [3.63, 3.8) is 0 Å². The quantitative estimate of drug-likeness (QED) is 0.398. The summed E-state index contributed by atoms with van der Waals surface area (Å²) in [6.07, 6.45) is 1.24. The van der Waals surface area contributed by atoms with E-state index in [0.717, 1.165) is 10.7 Å². The van der Waals surface area contributed by atoms with Gasteiger partial charge in [0.1, 0.15) is 5.01 Å². The first kappa shape index (κ1) is 21.6. The second-order valence-corrected chi connectivity index (χ2v) is 9.50. The van der Waals surface area contributed by atoms with Crippen LogP contribution in [0.5, 0.6) is 0 Å². The summed E-state index contributed by atoms with van der Waals surface area (Å²) in [5, 5.41) is 7.17. The molecule has 0 amide bonds. The highest BCUT2D eigenvalue weighted by atomic mass is 127. The standard InChI is InChI=1S/C13H24N4O2S2.HI/c1-9-10(2)20-11(17-9)7-15-12(14-5)16-8-13(3,4)21(6,18)19;/h7-8H2,1-6H3,(H2,14,15,16);1H. The first-order valence-corrected chi connectivity index (χ1v) is 9.34. The lowest BCUT2D eigenvalue weighted by atomic mass is 10.2. The van der Waals surface area contributed by atoms with Crippen molar-refractivity contribution in [1.82, 2.24) is 15.6 Å². The highest BCUT2D eigenvalue weighted by Gasteiger charge is 2.30. The topological polar surface area (TPSA) is 83.4 Å². The van der Waals surface area contributed by atoms with E-state index in [1.54, 1.807) is 32.2 Å². The summed E-state index contributed by atoms with van der Waals surface area (Å²) in [7, 11) is -1.48. The van der Waals surface area contributed by atoms with E-state index in [9.17, 15) is 8.42 Å². The molecule has 0 aliphatic carbocycles. The van der Waals surface area contributed by atoms with E-state index in [0.29, 0.717) is 19.0 Å². The fourth-order valence-electron chi connectivity index (χ4n) is 1.42. The first-order valence-electron chi connectivity index (χ1n) is 6.64. The summed E-state index contributed by atoms with van der Waals surface area (Å²) < 4.78 is 22.5. The Morgan fingerprint density at radius 2 is 1.91 bits per heavy atom. The number of halogens is 1. The molecule has 0 bridgehead atoms. The van der Waals surface area contributed by atoms with E-state index in [1.165, 1.54) is 11.1 Å². The van der Waals surface area contributed by atoms with Gasteiger partial charge in [-0.2, -0.15) is 0 Å². The third kappa shape index (κ3) is 5.99. The molecule has 1 heterocycles. The lowest BCUT2D eigenvalue weighted by molar-refractivity contribution is 0.544. The summed E-state index contributed by atoms with van der Waals surface area (Å²) in [5.41, 5.74) is 1.04. The van der Waals surface area contributed by atoms with Crippen LogP contribution in [0.4, 0.5) is 0 Å². The molecule has 22 heavy (non-hydrogen) atoms. The van der Waals surface area contributed by atoms with E-state index < -0.39 is 14.6 Å². The lowest BCUT2D eigenvalue weighted by Gasteiger charge is -2.24. The molecular formula is C13H25IN4O2S2. The van der Waals surface area contributed by atoms with Crippen molar-refractivity contribution in [3.05, 3.63) is 15.6 Å². The van der Waals surface area contributed by atoms with Crippen molar-refractivity contribution in [1.29, 1.82) is 0 Å². The number of thiazole rings is 1. The Bertz CT molecular complexity index is 604. The van der Waals surface area contributed by atoms with Gasteiger partial charge in [0, 0.05) is 24.7 Å². The minimum absolute atomic E-state index is 0. The molecule has 6 nitrogen and oxygen atoms in total. The van der Waals surface area contributed by atoms with Gasteiger partial charge in [-0.05, 0) is 27.7 Å². The van der Waals surface area contributed by atoms with Crippen LogP contribution in [0.15, 0.2) is 4.99 Å². The van der Waals surface area contributed by atoms with Crippen molar-refractivity contribution < 1.29 is 8.42 Å². The molecule has 0 saturated carbocycles. The average Bonchev–Trinajstić information content (AvgIpc) is 2.67. The van der Waals surface area contributed by atoms with Crippen molar-refractivity contribution in [2.45, 2.75) is 39.0 Å². The molecule has 0 saturated heterocycles. The molecule has 1 rings (SSSR count). The smallest absolute Gasteiger partial charge is 0.191 e. The Balaban J connectivity index is 0.00000441. The lowest BCUT2D eigenvalue weighted by Crippen LogP contribution is -2.47. The Morgan fingerprint density at radius 1 is 1.32 bits per heavy atom. The number of sulfone groups is 1. The molecule has 0 atom stereocenters. The SMILES string of the molecule is CN=C(NCc1nc(C)c(C)s1)NCC(C)(C)S(C)(=O)=O.I. The van der Waals surface area contributed by atoms with E-state index in [1.807, 2.05) is 13.8 Å². The van der Waals surface area contributed by atoms with Gasteiger partial charge in [-0.15, -0.1) is 35.3 Å². The molecule has 9 heteroatoms. The highest BCUT2D eigenvalue weighted by Crippen LogP contribution is 2.16. The average molecular weight is 460 g/mol. The number of aliphatic imine (C=N–C) groups is 1. The van der Waals surface area contributed by atoms with Gasteiger partial charge in [-0.3, -0.25) is 4.99 Å². The van der Waals surface area contributed by atoms with Gasteiger partial charge < -0.3 is 10.6 Å². The van der Waals surface area contributed by atoms with Crippen LogP contribution in [-0.4, -0.2) is 44.0 Å². The van der Waals surface area contributed by atoms with Gasteiger partial charge >= 0.3 is 0 Å². The number of nitrogens with zero attached hydrogens (tertiary/aromatic N) is 2. The van der Waals surface area contributed by atoms with E-state index in [-0.39, 0.29) is 24.0 Å². The highest BCUT2D eigenvalue weighted by molar-refractivity contribution is 14.0. The van der Waals surface area contributed by atoms with Crippen molar-refractivity contribution in [3.8, 4) is 0 Å². The van der Waals surface area contributed by atoms with Crippen molar-refractivity contribution >= 4 is 51.1 Å². The van der Waals surface area contributed by atoms with Crippen molar-refractivity contribution in [2.75, 3.05) is 19.8 Å². The van der Waals surface area contributed by atoms with Crippen LogP contribution in [0.25, 0.3) is 0 Å². The molecule has 0 aliphatic heterocycles. The molecule has 0 unspecified atom stereocenters. The number of rotatable bonds is 5. The zero-order valence-electron chi connectivity index (χ0n) is 13.8. The molecule has 0 spiro atoms. The number of hydrogen-bond donors (Lipinski definition) is 2. The van der Waals surface area contributed by atoms with E-state index in [4.69, 9.17) is 0 Å². The largest absolute Gasteiger partial charge is 0.355 e. The number of hydrogen-bond acceptors (Lipinski definition) is 5. The fraction of sp³-hybridized carbons (Fsp3) is 0.692. The van der Waals surface area contributed by atoms with Crippen LogP contribution in [0.1, 0.15) is 29.4 Å². The maximum absolute atomic E-state index is 11.7. The van der Waals surface area contributed by atoms with Gasteiger partial charge in [-0.25, -0.2) is 13.4 Å². The molecule has 1 aromatic rings.